The van der Waals surface area contributed by atoms with Crippen molar-refractivity contribution in [3.63, 3.8) is 0 Å². The average molecular weight is 437 g/mol. The third kappa shape index (κ3) is 6.09. The van der Waals surface area contributed by atoms with Gasteiger partial charge in [-0.05, 0) is 61.7 Å². The van der Waals surface area contributed by atoms with Crippen LogP contribution in [0.25, 0.3) is 0 Å². The van der Waals surface area contributed by atoms with Crippen LogP contribution in [-0.2, 0) is 16.6 Å². The molecule has 2 N–H and O–H groups in total. The second-order valence-electron chi connectivity index (χ2n) is 7.49. The number of nitrogens with one attached hydrogen (secondary N) is 2. The van der Waals surface area contributed by atoms with Crippen molar-refractivity contribution in [3.05, 3.63) is 59.1 Å². The first-order valence-electron chi connectivity index (χ1n) is 9.87. The molecule has 2 aromatic carbocycles. The maximum atomic E-state index is 11.9. The van der Waals surface area contributed by atoms with Crippen molar-refractivity contribution in [1.29, 1.82) is 0 Å². The summed E-state index contributed by atoms with van der Waals surface area (Å²) in [5, 5.41) is 4.48. The van der Waals surface area contributed by atoms with E-state index in [4.69, 9.17) is 11.6 Å². The number of benzene rings is 2. The molecule has 0 aliphatic carbocycles. The van der Waals surface area contributed by atoms with Crippen LogP contribution in [0.5, 0.6) is 0 Å². The molecule has 0 amide bonds. The summed E-state index contributed by atoms with van der Waals surface area (Å²) in [6, 6.07) is 16.1. The molecule has 0 spiro atoms. The van der Waals surface area contributed by atoms with Crippen LogP contribution in [-0.4, -0.2) is 52.5 Å². The molecule has 1 aliphatic heterocycles. The number of halogens is 1. The number of hydrogen-bond donors (Lipinski definition) is 2. The van der Waals surface area contributed by atoms with E-state index in [1.165, 1.54) is 19.7 Å². The van der Waals surface area contributed by atoms with Gasteiger partial charge in [0.05, 0.1) is 0 Å². The summed E-state index contributed by atoms with van der Waals surface area (Å²) in [6.45, 7) is 2.88. The van der Waals surface area contributed by atoms with Gasteiger partial charge in [-0.15, -0.1) is 0 Å². The molecule has 29 heavy (non-hydrogen) atoms. The Balaban J connectivity index is 1.45. The summed E-state index contributed by atoms with van der Waals surface area (Å²) in [4.78, 5) is 2.34. The van der Waals surface area contributed by atoms with Gasteiger partial charge in [0.1, 0.15) is 0 Å². The molecule has 0 radical (unpaired) electrons. The van der Waals surface area contributed by atoms with Gasteiger partial charge in [-0.2, -0.15) is 12.7 Å². The molecule has 8 heteroatoms. The smallest absolute Gasteiger partial charge is 0.301 e. The second-order valence-corrected chi connectivity index (χ2v) is 9.78. The van der Waals surface area contributed by atoms with Crippen molar-refractivity contribution in [1.82, 2.24) is 9.62 Å². The van der Waals surface area contributed by atoms with Crippen LogP contribution in [0.3, 0.4) is 0 Å². The maximum absolute atomic E-state index is 11.9. The van der Waals surface area contributed by atoms with E-state index < -0.39 is 10.2 Å². The van der Waals surface area contributed by atoms with Gasteiger partial charge < -0.3 is 10.2 Å². The number of nitrogens with zero attached hydrogens (tertiary/aromatic N) is 2. The molecular formula is C21H29ClN4O2S. The van der Waals surface area contributed by atoms with E-state index in [9.17, 15) is 8.42 Å². The Morgan fingerprint density at radius 2 is 1.72 bits per heavy atom. The largest absolute Gasteiger partial charge is 0.371 e. The van der Waals surface area contributed by atoms with Crippen molar-refractivity contribution in [3.8, 4) is 0 Å². The Hall–Kier alpha value is -1.80. The Bertz CT molecular complexity index is 895. The van der Waals surface area contributed by atoms with Crippen LogP contribution >= 0.6 is 11.6 Å². The van der Waals surface area contributed by atoms with E-state index >= 15 is 0 Å². The lowest BCUT2D eigenvalue weighted by Gasteiger charge is -2.34. The fourth-order valence-electron chi connectivity index (χ4n) is 3.43. The maximum Gasteiger partial charge on any atom is 0.301 e. The van der Waals surface area contributed by atoms with Crippen molar-refractivity contribution >= 4 is 33.2 Å². The standard InChI is InChI=1S/C21H29ClN4O2S/c1-25(2)29(27,28)24-19-7-9-20(10-8-19)26-15-12-18(13-16-26)23-14-11-17-5-3-4-6-21(17)22/h3-10,18,23-24H,11-16H2,1-2H3. The first-order valence-corrected chi connectivity index (χ1v) is 11.7. The molecule has 158 valence electrons. The number of rotatable bonds is 8. The van der Waals surface area contributed by atoms with Gasteiger partial charge in [-0.25, -0.2) is 0 Å². The van der Waals surface area contributed by atoms with Crippen molar-refractivity contribution in [2.75, 3.05) is 43.4 Å². The van der Waals surface area contributed by atoms with E-state index in [0.29, 0.717) is 11.7 Å². The first-order chi connectivity index (χ1) is 13.8. The number of piperidine rings is 1. The molecule has 1 aliphatic rings. The van der Waals surface area contributed by atoms with Gasteiger partial charge in [0, 0.05) is 49.6 Å². The highest BCUT2D eigenvalue weighted by atomic mass is 35.5. The van der Waals surface area contributed by atoms with Crippen LogP contribution in [0, 0.1) is 0 Å². The number of hydrogen-bond acceptors (Lipinski definition) is 4. The molecule has 0 unspecified atom stereocenters. The fourth-order valence-corrected chi connectivity index (χ4v) is 4.28. The normalized spacial score (nSPS) is 15.7. The first kappa shape index (κ1) is 21.9. The molecule has 0 atom stereocenters. The van der Waals surface area contributed by atoms with Crippen LogP contribution in [0.15, 0.2) is 48.5 Å². The predicted octanol–water partition coefficient (Wildman–Crippen LogP) is 3.36. The lowest BCUT2D eigenvalue weighted by atomic mass is 10.0. The molecule has 0 bridgehead atoms. The second kappa shape index (κ2) is 9.80. The third-order valence-electron chi connectivity index (χ3n) is 5.24. The van der Waals surface area contributed by atoms with Crippen molar-refractivity contribution in [2.24, 2.45) is 0 Å². The molecule has 2 aromatic rings. The molecule has 3 rings (SSSR count). The highest BCUT2D eigenvalue weighted by Crippen LogP contribution is 2.23. The summed E-state index contributed by atoms with van der Waals surface area (Å²) in [7, 11) is -0.468. The fraction of sp³-hybridized carbons (Fsp3) is 0.429. The lowest BCUT2D eigenvalue weighted by molar-refractivity contribution is 0.417. The minimum absolute atomic E-state index is 0.514. The van der Waals surface area contributed by atoms with Gasteiger partial charge in [0.15, 0.2) is 0 Å². The Morgan fingerprint density at radius 1 is 1.07 bits per heavy atom. The zero-order valence-electron chi connectivity index (χ0n) is 16.9. The average Bonchev–Trinajstić information content (AvgIpc) is 2.70. The van der Waals surface area contributed by atoms with E-state index in [1.54, 1.807) is 0 Å². The topological polar surface area (TPSA) is 64.7 Å². The number of anilines is 2. The van der Waals surface area contributed by atoms with Gasteiger partial charge >= 0.3 is 10.2 Å². The molecule has 6 nitrogen and oxygen atoms in total. The van der Waals surface area contributed by atoms with Gasteiger partial charge in [-0.3, -0.25) is 4.72 Å². The van der Waals surface area contributed by atoms with E-state index in [2.05, 4.69) is 21.0 Å². The molecule has 1 fully saturated rings. The van der Waals surface area contributed by atoms with Crippen LogP contribution in [0.1, 0.15) is 18.4 Å². The van der Waals surface area contributed by atoms with Crippen molar-refractivity contribution < 1.29 is 8.42 Å². The minimum Gasteiger partial charge on any atom is -0.371 e. The summed E-state index contributed by atoms with van der Waals surface area (Å²) in [5.41, 5.74) is 2.87. The van der Waals surface area contributed by atoms with Gasteiger partial charge in [-0.1, -0.05) is 29.8 Å². The zero-order valence-corrected chi connectivity index (χ0v) is 18.5. The molecule has 0 aromatic heterocycles. The third-order valence-corrected chi connectivity index (χ3v) is 7.06. The zero-order chi connectivity index (χ0) is 20.9. The van der Waals surface area contributed by atoms with Gasteiger partial charge in [0.25, 0.3) is 0 Å². The van der Waals surface area contributed by atoms with E-state index in [-0.39, 0.29) is 0 Å². The highest BCUT2D eigenvalue weighted by Gasteiger charge is 2.19. The Kier molecular flexibility index (Phi) is 7.40. The summed E-state index contributed by atoms with van der Waals surface area (Å²) in [5.74, 6) is 0. The summed E-state index contributed by atoms with van der Waals surface area (Å²) in [6.07, 6.45) is 3.10. The molecule has 1 heterocycles. The molecule has 1 saturated heterocycles. The highest BCUT2D eigenvalue weighted by molar-refractivity contribution is 7.90. The van der Waals surface area contributed by atoms with E-state index in [0.717, 1.165) is 53.9 Å². The quantitative estimate of drug-likeness (QED) is 0.666. The SMILES string of the molecule is CN(C)S(=O)(=O)Nc1ccc(N2CCC(NCCc3ccccc3Cl)CC2)cc1. The molecule has 0 saturated carbocycles. The predicted molar refractivity (Wildman–Crippen MR) is 121 cm³/mol. The van der Waals surface area contributed by atoms with Crippen LogP contribution < -0.4 is 14.9 Å². The van der Waals surface area contributed by atoms with E-state index in [1.807, 2.05) is 42.5 Å². The van der Waals surface area contributed by atoms with Crippen LogP contribution in [0.4, 0.5) is 11.4 Å². The minimum atomic E-state index is -3.47. The monoisotopic (exact) mass is 436 g/mol. The summed E-state index contributed by atoms with van der Waals surface area (Å²) < 4.78 is 27.5. The lowest BCUT2D eigenvalue weighted by Crippen LogP contribution is -2.43. The van der Waals surface area contributed by atoms with Gasteiger partial charge in [0.2, 0.25) is 0 Å². The van der Waals surface area contributed by atoms with Crippen molar-refractivity contribution in [2.45, 2.75) is 25.3 Å². The Morgan fingerprint density at radius 3 is 2.34 bits per heavy atom. The Labute approximate surface area is 179 Å². The summed E-state index contributed by atoms with van der Waals surface area (Å²) >= 11 is 6.22. The molecular weight excluding hydrogens is 408 g/mol. The van der Waals surface area contributed by atoms with Crippen LogP contribution in [0.2, 0.25) is 5.02 Å².